The first kappa shape index (κ1) is 25.9. The molecule has 0 fully saturated rings. The topological polar surface area (TPSA) is 52.0 Å². The van der Waals surface area contributed by atoms with E-state index in [9.17, 15) is 13.2 Å². The number of fused-ring (bicyclic) bond motifs is 3. The van der Waals surface area contributed by atoms with Crippen molar-refractivity contribution in [3.63, 3.8) is 0 Å². The Labute approximate surface area is 220 Å². The summed E-state index contributed by atoms with van der Waals surface area (Å²) in [6, 6.07) is 22.2. The van der Waals surface area contributed by atoms with E-state index in [1.807, 2.05) is 24.3 Å². The first-order valence-electron chi connectivity index (χ1n) is 12.5. The minimum absolute atomic E-state index is 0.216. The van der Waals surface area contributed by atoms with Gasteiger partial charge in [0, 0.05) is 42.9 Å². The molecule has 2 heterocycles. The predicted molar refractivity (Wildman–Crippen MR) is 149 cm³/mol. The van der Waals surface area contributed by atoms with Crippen molar-refractivity contribution >= 4 is 41.5 Å². The molecule has 0 unspecified atom stereocenters. The molecule has 196 valence electrons. The highest BCUT2D eigenvalue weighted by Gasteiger charge is 2.30. The van der Waals surface area contributed by atoms with Gasteiger partial charge in [0.05, 0.1) is 22.3 Å². The van der Waals surface area contributed by atoms with Gasteiger partial charge in [0.25, 0.3) is 0 Å². The van der Waals surface area contributed by atoms with E-state index < -0.39 is 19.8 Å². The van der Waals surface area contributed by atoms with Crippen molar-refractivity contribution in [2.45, 2.75) is 38.6 Å². The Morgan fingerprint density at radius 1 is 0.921 bits per heavy atom. The number of hydrogen-bond acceptors (Lipinski definition) is 4. The zero-order chi connectivity index (χ0) is 26.9. The maximum Gasteiger partial charge on any atom is 0.416 e. The van der Waals surface area contributed by atoms with E-state index in [0.717, 1.165) is 45.5 Å². The van der Waals surface area contributed by atoms with Crippen LogP contribution in [0, 0.1) is 0 Å². The SMILES string of the molecule is C[Si](C)(C)CCOCn1c2ccccc2c2cccc(-c3ccnc(Nc4cccc(C(F)(F)F)c4)n3)c21. The van der Waals surface area contributed by atoms with Crippen LogP contribution in [0.15, 0.2) is 79.0 Å². The van der Waals surface area contributed by atoms with Gasteiger partial charge in [0.15, 0.2) is 0 Å². The van der Waals surface area contributed by atoms with E-state index in [-0.39, 0.29) is 11.6 Å². The minimum Gasteiger partial charge on any atom is -0.361 e. The lowest BCUT2D eigenvalue weighted by Gasteiger charge is -2.17. The lowest BCUT2D eigenvalue weighted by Crippen LogP contribution is -2.22. The van der Waals surface area contributed by atoms with Crippen LogP contribution < -0.4 is 5.32 Å². The zero-order valence-corrected chi connectivity index (χ0v) is 22.5. The number of aromatic nitrogens is 3. The Morgan fingerprint density at radius 2 is 1.68 bits per heavy atom. The van der Waals surface area contributed by atoms with E-state index >= 15 is 0 Å². The number of halogens is 3. The van der Waals surface area contributed by atoms with Crippen LogP contribution in [0.4, 0.5) is 24.8 Å². The third-order valence-corrected chi connectivity index (χ3v) is 8.09. The van der Waals surface area contributed by atoms with Gasteiger partial charge in [-0.3, -0.25) is 0 Å². The van der Waals surface area contributed by atoms with Gasteiger partial charge in [-0.05, 0) is 36.4 Å². The van der Waals surface area contributed by atoms with Crippen molar-refractivity contribution in [2.24, 2.45) is 0 Å². The number of nitrogens with one attached hydrogen (secondary N) is 1. The van der Waals surface area contributed by atoms with Gasteiger partial charge >= 0.3 is 6.18 Å². The highest BCUT2D eigenvalue weighted by Crippen LogP contribution is 2.36. The molecule has 0 aliphatic rings. The molecule has 0 radical (unpaired) electrons. The molecule has 0 aliphatic carbocycles. The second-order valence-electron chi connectivity index (χ2n) is 10.5. The fourth-order valence-corrected chi connectivity index (χ4v) is 5.21. The molecular weight excluding hydrogens is 505 g/mol. The van der Waals surface area contributed by atoms with Crippen molar-refractivity contribution in [2.75, 3.05) is 11.9 Å². The number of para-hydroxylation sites is 2. The van der Waals surface area contributed by atoms with Gasteiger partial charge in [-0.25, -0.2) is 9.97 Å². The molecule has 0 saturated carbocycles. The second kappa shape index (κ2) is 10.2. The molecule has 5 nitrogen and oxygen atoms in total. The lowest BCUT2D eigenvalue weighted by atomic mass is 10.1. The second-order valence-corrected chi connectivity index (χ2v) is 16.1. The highest BCUT2D eigenvalue weighted by atomic mass is 28.3. The average molecular weight is 535 g/mol. The molecule has 0 atom stereocenters. The third-order valence-electron chi connectivity index (χ3n) is 6.39. The van der Waals surface area contributed by atoms with Crippen molar-refractivity contribution < 1.29 is 17.9 Å². The summed E-state index contributed by atoms with van der Waals surface area (Å²) in [4.78, 5) is 8.92. The molecule has 5 aromatic rings. The Bertz CT molecular complexity index is 1590. The molecule has 9 heteroatoms. The normalized spacial score (nSPS) is 12.4. The van der Waals surface area contributed by atoms with Crippen molar-refractivity contribution in [1.29, 1.82) is 0 Å². The largest absolute Gasteiger partial charge is 0.416 e. The van der Waals surface area contributed by atoms with Crippen molar-refractivity contribution in [3.05, 3.63) is 84.6 Å². The summed E-state index contributed by atoms with van der Waals surface area (Å²) in [5, 5.41) is 5.12. The molecule has 1 N–H and O–H groups in total. The molecule has 3 aromatic carbocycles. The fourth-order valence-electron chi connectivity index (χ4n) is 4.46. The average Bonchev–Trinajstić information content (AvgIpc) is 3.20. The maximum atomic E-state index is 13.2. The third kappa shape index (κ3) is 5.58. The van der Waals surface area contributed by atoms with E-state index in [1.54, 1.807) is 18.3 Å². The molecule has 38 heavy (non-hydrogen) atoms. The summed E-state index contributed by atoms with van der Waals surface area (Å²) >= 11 is 0. The number of alkyl halides is 3. The Morgan fingerprint density at radius 3 is 2.47 bits per heavy atom. The lowest BCUT2D eigenvalue weighted by molar-refractivity contribution is -0.137. The molecule has 0 aliphatic heterocycles. The predicted octanol–water partition coefficient (Wildman–Crippen LogP) is 8.33. The van der Waals surface area contributed by atoms with E-state index in [4.69, 9.17) is 4.74 Å². The number of nitrogens with zero attached hydrogens (tertiary/aromatic N) is 3. The first-order valence-corrected chi connectivity index (χ1v) is 16.2. The Hall–Kier alpha value is -3.69. The van der Waals surface area contributed by atoms with Crippen LogP contribution in [0.2, 0.25) is 25.7 Å². The van der Waals surface area contributed by atoms with Crippen LogP contribution in [0.25, 0.3) is 33.1 Å². The summed E-state index contributed by atoms with van der Waals surface area (Å²) in [6.45, 7) is 8.09. The van der Waals surface area contributed by atoms with E-state index in [1.165, 1.54) is 6.07 Å². The van der Waals surface area contributed by atoms with Gasteiger partial charge in [-0.2, -0.15) is 13.2 Å². The van der Waals surface area contributed by atoms with E-state index in [2.05, 4.69) is 57.7 Å². The molecule has 0 amide bonds. The summed E-state index contributed by atoms with van der Waals surface area (Å²) in [7, 11) is -1.22. The summed E-state index contributed by atoms with van der Waals surface area (Å²) in [5.41, 5.74) is 3.14. The number of rotatable bonds is 8. The van der Waals surface area contributed by atoms with Crippen LogP contribution in [0.5, 0.6) is 0 Å². The summed E-state index contributed by atoms with van der Waals surface area (Å²) in [6.07, 6.45) is -2.82. The quantitative estimate of drug-likeness (QED) is 0.161. The molecule has 5 rings (SSSR count). The monoisotopic (exact) mass is 534 g/mol. The number of anilines is 2. The summed E-state index contributed by atoms with van der Waals surface area (Å²) in [5.74, 6) is 0.216. The van der Waals surface area contributed by atoms with Gasteiger partial charge in [0.1, 0.15) is 6.73 Å². The zero-order valence-electron chi connectivity index (χ0n) is 21.5. The smallest absolute Gasteiger partial charge is 0.361 e. The van der Waals surface area contributed by atoms with Gasteiger partial charge < -0.3 is 14.6 Å². The number of hydrogen-bond donors (Lipinski definition) is 1. The van der Waals surface area contributed by atoms with Gasteiger partial charge in [-0.1, -0.05) is 62.1 Å². The minimum atomic E-state index is -4.43. The van der Waals surface area contributed by atoms with E-state index in [0.29, 0.717) is 19.0 Å². The Balaban J connectivity index is 1.53. The molecule has 0 bridgehead atoms. The van der Waals surface area contributed by atoms with Crippen molar-refractivity contribution in [3.8, 4) is 11.3 Å². The maximum absolute atomic E-state index is 13.2. The molecule has 0 spiro atoms. The first-order chi connectivity index (χ1) is 18.1. The fraction of sp³-hybridized carbons (Fsp3) is 0.241. The van der Waals surface area contributed by atoms with Crippen LogP contribution in [0.1, 0.15) is 5.56 Å². The highest BCUT2D eigenvalue weighted by molar-refractivity contribution is 6.76. The van der Waals surface area contributed by atoms with Crippen molar-refractivity contribution in [1.82, 2.24) is 14.5 Å². The van der Waals surface area contributed by atoms with Gasteiger partial charge in [-0.15, -0.1) is 0 Å². The van der Waals surface area contributed by atoms with Crippen LogP contribution in [-0.2, 0) is 17.6 Å². The molecular formula is C29H29F3N4OSi. The standard InChI is InChI=1S/C29H29F3N4OSi/c1-38(2,3)17-16-37-19-36-26-13-5-4-10-22(26)23-11-7-12-24(27(23)36)25-14-15-33-28(35-25)34-21-9-6-8-20(18-21)29(30,31)32/h4-15,18H,16-17,19H2,1-3H3,(H,33,34,35). The van der Waals surface area contributed by atoms with Gasteiger partial charge in [0.2, 0.25) is 5.95 Å². The van der Waals surface area contributed by atoms with Crippen LogP contribution in [-0.4, -0.2) is 29.2 Å². The van der Waals surface area contributed by atoms with Crippen LogP contribution in [0.3, 0.4) is 0 Å². The molecule has 2 aromatic heterocycles. The Kier molecular flexibility index (Phi) is 6.98. The number of benzene rings is 3. The molecule has 0 saturated heterocycles. The van der Waals surface area contributed by atoms with Crippen LogP contribution >= 0.6 is 0 Å². The summed E-state index contributed by atoms with van der Waals surface area (Å²) < 4.78 is 47.8. The number of ether oxygens (including phenoxy) is 1.